The van der Waals surface area contributed by atoms with Crippen molar-refractivity contribution in [3.63, 3.8) is 0 Å². The monoisotopic (exact) mass is 274 g/mol. The quantitative estimate of drug-likeness (QED) is 0.848. The number of anilines is 1. The number of likely N-dealkylation sites (N-methyl/N-ethyl adjacent to an activating group) is 2. The Morgan fingerprint density at radius 1 is 1.35 bits per heavy atom. The molecule has 1 amide bonds. The number of fused-ring (bicyclic) bond motifs is 1. The first-order chi connectivity index (χ1) is 9.65. The third kappa shape index (κ3) is 2.96. The number of carbonyl (C=O) groups excluding carboxylic acids is 1. The van der Waals surface area contributed by atoms with Crippen LogP contribution in [0.1, 0.15) is 13.8 Å². The zero-order valence-corrected chi connectivity index (χ0v) is 11.6. The van der Waals surface area contributed by atoms with Gasteiger partial charge < -0.3 is 10.2 Å². The van der Waals surface area contributed by atoms with E-state index >= 15 is 0 Å². The molecule has 0 fully saturated rings. The van der Waals surface area contributed by atoms with Crippen molar-refractivity contribution in [3.8, 4) is 0 Å². The van der Waals surface area contributed by atoms with Crippen LogP contribution < -0.4 is 15.8 Å². The first-order valence-electron chi connectivity index (χ1n) is 6.66. The van der Waals surface area contributed by atoms with Crippen LogP contribution in [0.5, 0.6) is 0 Å². The van der Waals surface area contributed by atoms with Crippen LogP contribution >= 0.6 is 0 Å². The second-order valence-corrected chi connectivity index (χ2v) is 4.37. The van der Waals surface area contributed by atoms with Crippen LogP contribution in [-0.2, 0) is 4.79 Å². The Hall–Kier alpha value is -2.37. The first kappa shape index (κ1) is 14.0. The Labute approximate surface area is 116 Å². The summed E-state index contributed by atoms with van der Waals surface area (Å²) in [6, 6.07) is 7.14. The van der Waals surface area contributed by atoms with E-state index in [-0.39, 0.29) is 18.0 Å². The van der Waals surface area contributed by atoms with Crippen LogP contribution in [0.2, 0.25) is 0 Å². The molecule has 0 radical (unpaired) electrons. The summed E-state index contributed by atoms with van der Waals surface area (Å²) in [5, 5.41) is 3.28. The molecule has 1 aromatic heterocycles. The molecule has 2 rings (SSSR count). The van der Waals surface area contributed by atoms with Crippen LogP contribution in [0.15, 0.2) is 29.1 Å². The fraction of sp³-hybridized carbons (Fsp3) is 0.357. The van der Waals surface area contributed by atoms with Crippen molar-refractivity contribution >= 4 is 22.8 Å². The van der Waals surface area contributed by atoms with E-state index in [0.717, 1.165) is 0 Å². The molecule has 1 heterocycles. The van der Waals surface area contributed by atoms with Crippen molar-refractivity contribution in [2.45, 2.75) is 13.8 Å². The summed E-state index contributed by atoms with van der Waals surface area (Å²) in [4.78, 5) is 32.5. The normalized spacial score (nSPS) is 10.5. The fourth-order valence-corrected chi connectivity index (χ4v) is 1.99. The molecule has 6 nitrogen and oxygen atoms in total. The van der Waals surface area contributed by atoms with Gasteiger partial charge in [0.1, 0.15) is 0 Å². The Kier molecular flexibility index (Phi) is 4.34. The van der Waals surface area contributed by atoms with Gasteiger partial charge in [0.15, 0.2) is 0 Å². The maximum atomic E-state index is 12.0. The van der Waals surface area contributed by atoms with Crippen molar-refractivity contribution in [1.82, 2.24) is 15.3 Å². The minimum Gasteiger partial charge on any atom is -0.355 e. The molecule has 6 heteroatoms. The molecule has 106 valence electrons. The minimum absolute atomic E-state index is 0.0924. The van der Waals surface area contributed by atoms with Gasteiger partial charge in [0, 0.05) is 13.1 Å². The SMILES string of the molecule is CCNC(=O)CN(CC)c1nc2ccccc2c(=O)[nH]1. The summed E-state index contributed by atoms with van der Waals surface area (Å²) >= 11 is 0. The van der Waals surface area contributed by atoms with E-state index in [1.807, 2.05) is 19.9 Å². The van der Waals surface area contributed by atoms with Gasteiger partial charge in [-0.05, 0) is 26.0 Å². The molecular formula is C14H18N4O2. The molecule has 0 spiro atoms. The average molecular weight is 274 g/mol. The van der Waals surface area contributed by atoms with Gasteiger partial charge in [-0.25, -0.2) is 4.98 Å². The number of hydrogen-bond acceptors (Lipinski definition) is 4. The molecule has 0 aliphatic carbocycles. The van der Waals surface area contributed by atoms with Crippen LogP contribution in [0.3, 0.4) is 0 Å². The average Bonchev–Trinajstić information content (AvgIpc) is 2.45. The highest BCUT2D eigenvalue weighted by Gasteiger charge is 2.13. The molecule has 0 aliphatic rings. The van der Waals surface area contributed by atoms with Gasteiger partial charge in [-0.3, -0.25) is 14.6 Å². The minimum atomic E-state index is -0.194. The van der Waals surface area contributed by atoms with Gasteiger partial charge in [-0.2, -0.15) is 0 Å². The van der Waals surface area contributed by atoms with E-state index < -0.39 is 0 Å². The van der Waals surface area contributed by atoms with Crippen LogP contribution in [0.4, 0.5) is 5.95 Å². The summed E-state index contributed by atoms with van der Waals surface area (Å²) in [5.74, 6) is 0.326. The Morgan fingerprint density at radius 2 is 2.10 bits per heavy atom. The van der Waals surface area contributed by atoms with Crippen LogP contribution in [-0.4, -0.2) is 35.5 Å². The number of aromatic amines is 1. The fourth-order valence-electron chi connectivity index (χ4n) is 1.99. The van der Waals surface area contributed by atoms with E-state index in [2.05, 4.69) is 15.3 Å². The number of aromatic nitrogens is 2. The van der Waals surface area contributed by atoms with E-state index in [0.29, 0.717) is 29.9 Å². The standard InChI is InChI=1S/C14H18N4O2/c1-3-15-12(19)9-18(4-2)14-16-11-8-6-5-7-10(11)13(20)17-14/h5-8H,3-4,9H2,1-2H3,(H,15,19)(H,16,17,20). The molecule has 1 aromatic carbocycles. The summed E-state index contributed by atoms with van der Waals surface area (Å²) in [7, 11) is 0. The topological polar surface area (TPSA) is 78.1 Å². The third-order valence-electron chi connectivity index (χ3n) is 2.99. The van der Waals surface area contributed by atoms with Crippen molar-refractivity contribution < 1.29 is 4.79 Å². The smallest absolute Gasteiger partial charge is 0.260 e. The van der Waals surface area contributed by atoms with Gasteiger partial charge in [0.2, 0.25) is 11.9 Å². The van der Waals surface area contributed by atoms with E-state index in [4.69, 9.17) is 0 Å². The Bertz CT molecular complexity index is 666. The van der Waals surface area contributed by atoms with Gasteiger partial charge in [0.05, 0.1) is 17.4 Å². The molecule has 0 atom stereocenters. The number of H-pyrrole nitrogens is 1. The first-order valence-corrected chi connectivity index (χ1v) is 6.66. The lowest BCUT2D eigenvalue weighted by Gasteiger charge is -2.20. The highest BCUT2D eigenvalue weighted by Crippen LogP contribution is 2.11. The summed E-state index contributed by atoms with van der Waals surface area (Å²) in [6.07, 6.45) is 0. The van der Waals surface area contributed by atoms with Crippen molar-refractivity contribution in [1.29, 1.82) is 0 Å². The summed E-state index contributed by atoms with van der Waals surface area (Å²) in [5.41, 5.74) is 0.431. The molecular weight excluding hydrogens is 256 g/mol. The van der Waals surface area contributed by atoms with Crippen LogP contribution in [0.25, 0.3) is 10.9 Å². The van der Waals surface area contributed by atoms with E-state index in [1.165, 1.54) is 0 Å². The molecule has 0 saturated heterocycles. The zero-order chi connectivity index (χ0) is 14.5. The van der Waals surface area contributed by atoms with E-state index in [1.54, 1.807) is 23.1 Å². The highest BCUT2D eigenvalue weighted by molar-refractivity contribution is 5.82. The molecule has 0 saturated carbocycles. The second kappa shape index (κ2) is 6.18. The molecule has 0 bridgehead atoms. The molecule has 0 aliphatic heterocycles. The zero-order valence-electron chi connectivity index (χ0n) is 11.6. The lowest BCUT2D eigenvalue weighted by atomic mass is 10.2. The molecule has 20 heavy (non-hydrogen) atoms. The van der Waals surface area contributed by atoms with Crippen LogP contribution in [0, 0.1) is 0 Å². The number of amides is 1. The summed E-state index contributed by atoms with van der Waals surface area (Å²) in [6.45, 7) is 5.11. The number of carbonyl (C=O) groups is 1. The van der Waals surface area contributed by atoms with Gasteiger partial charge in [-0.15, -0.1) is 0 Å². The number of para-hydroxylation sites is 1. The predicted molar refractivity (Wildman–Crippen MR) is 78.9 cm³/mol. The van der Waals surface area contributed by atoms with Crippen molar-refractivity contribution in [2.24, 2.45) is 0 Å². The summed E-state index contributed by atoms with van der Waals surface area (Å²) < 4.78 is 0. The Balaban J connectivity index is 2.35. The lowest BCUT2D eigenvalue weighted by molar-refractivity contribution is -0.119. The van der Waals surface area contributed by atoms with Gasteiger partial charge in [-0.1, -0.05) is 12.1 Å². The molecule has 2 aromatic rings. The maximum Gasteiger partial charge on any atom is 0.260 e. The predicted octanol–water partition coefficient (Wildman–Crippen LogP) is 0.885. The highest BCUT2D eigenvalue weighted by atomic mass is 16.2. The number of rotatable bonds is 5. The second-order valence-electron chi connectivity index (χ2n) is 4.37. The number of nitrogens with zero attached hydrogens (tertiary/aromatic N) is 2. The number of benzene rings is 1. The molecule has 0 unspecified atom stereocenters. The van der Waals surface area contributed by atoms with Gasteiger partial charge in [0.25, 0.3) is 5.56 Å². The number of nitrogens with one attached hydrogen (secondary N) is 2. The Morgan fingerprint density at radius 3 is 2.80 bits per heavy atom. The van der Waals surface area contributed by atoms with Crippen molar-refractivity contribution in [3.05, 3.63) is 34.6 Å². The maximum absolute atomic E-state index is 12.0. The number of hydrogen-bond donors (Lipinski definition) is 2. The van der Waals surface area contributed by atoms with Gasteiger partial charge >= 0.3 is 0 Å². The lowest BCUT2D eigenvalue weighted by Crippen LogP contribution is -2.38. The van der Waals surface area contributed by atoms with E-state index in [9.17, 15) is 9.59 Å². The third-order valence-corrected chi connectivity index (χ3v) is 2.99. The van der Waals surface area contributed by atoms with Crippen molar-refractivity contribution in [2.75, 3.05) is 24.5 Å². The largest absolute Gasteiger partial charge is 0.355 e. The molecule has 2 N–H and O–H groups in total.